The maximum Gasteiger partial charge on any atom is 0.252 e. The molecule has 104 valence electrons. The van der Waals surface area contributed by atoms with Gasteiger partial charge in [0.1, 0.15) is 0 Å². The van der Waals surface area contributed by atoms with Crippen LogP contribution in [0.25, 0.3) is 0 Å². The lowest BCUT2D eigenvalue weighted by atomic mass is 10.2. The Kier molecular flexibility index (Phi) is 7.42. The van der Waals surface area contributed by atoms with E-state index in [1.54, 1.807) is 12.1 Å². The predicted octanol–water partition coefficient (Wildman–Crippen LogP) is 1.17. The number of hydrogen-bond acceptors (Lipinski definition) is 3. The van der Waals surface area contributed by atoms with Crippen molar-refractivity contribution in [1.82, 2.24) is 10.6 Å². The number of rotatable bonds is 7. The van der Waals surface area contributed by atoms with Gasteiger partial charge in [0.2, 0.25) is 5.91 Å². The fourth-order valence-corrected chi connectivity index (χ4v) is 2.00. The Morgan fingerprint density at radius 3 is 2.68 bits per heavy atom. The average Bonchev–Trinajstić information content (AvgIpc) is 2.41. The van der Waals surface area contributed by atoms with Crippen LogP contribution in [-0.2, 0) is 9.53 Å². The maximum absolute atomic E-state index is 11.8. The molecule has 2 amide bonds. The molecule has 0 atom stereocenters. The van der Waals surface area contributed by atoms with Gasteiger partial charge in [-0.15, -0.1) is 0 Å². The normalized spacial score (nSPS) is 10.0. The second-order valence-electron chi connectivity index (χ2n) is 3.71. The highest BCUT2D eigenvalue weighted by molar-refractivity contribution is 14.1. The predicted molar refractivity (Wildman–Crippen MR) is 81.0 cm³/mol. The van der Waals surface area contributed by atoms with Crippen LogP contribution in [0.1, 0.15) is 17.3 Å². The van der Waals surface area contributed by atoms with Crippen LogP contribution >= 0.6 is 22.6 Å². The van der Waals surface area contributed by atoms with E-state index in [0.717, 1.165) is 3.57 Å². The molecule has 2 N–H and O–H groups in total. The van der Waals surface area contributed by atoms with Crippen molar-refractivity contribution in [3.05, 3.63) is 33.4 Å². The van der Waals surface area contributed by atoms with Gasteiger partial charge in [-0.3, -0.25) is 9.59 Å². The summed E-state index contributed by atoms with van der Waals surface area (Å²) in [4.78, 5) is 23.3. The molecule has 0 saturated heterocycles. The molecule has 0 aliphatic carbocycles. The van der Waals surface area contributed by atoms with Crippen molar-refractivity contribution in [3.8, 4) is 0 Å². The number of carbonyl (C=O) groups is 2. The number of carbonyl (C=O) groups excluding carboxylic acids is 2. The first-order valence-electron chi connectivity index (χ1n) is 6.02. The lowest BCUT2D eigenvalue weighted by molar-refractivity contribution is -0.120. The zero-order chi connectivity index (χ0) is 14.1. The molecule has 0 unspecified atom stereocenters. The van der Waals surface area contributed by atoms with Gasteiger partial charge in [-0.25, -0.2) is 0 Å². The highest BCUT2D eigenvalue weighted by atomic mass is 127. The van der Waals surface area contributed by atoms with Gasteiger partial charge in [-0.2, -0.15) is 0 Å². The SMILES string of the molecule is CCOCCNC(=O)CNC(=O)c1ccccc1I. The molecule has 1 aromatic rings. The summed E-state index contributed by atoms with van der Waals surface area (Å²) in [6, 6.07) is 7.22. The van der Waals surface area contributed by atoms with E-state index >= 15 is 0 Å². The number of hydrogen-bond donors (Lipinski definition) is 2. The molecular weight excluding hydrogens is 359 g/mol. The Labute approximate surface area is 126 Å². The highest BCUT2D eigenvalue weighted by Crippen LogP contribution is 2.10. The summed E-state index contributed by atoms with van der Waals surface area (Å²) in [5.74, 6) is -0.469. The van der Waals surface area contributed by atoms with E-state index in [0.29, 0.717) is 25.3 Å². The smallest absolute Gasteiger partial charge is 0.252 e. The number of ether oxygens (including phenoxy) is 1. The molecule has 0 heterocycles. The van der Waals surface area contributed by atoms with Crippen LogP contribution in [-0.4, -0.2) is 38.1 Å². The minimum absolute atomic E-state index is 0.0318. The fraction of sp³-hybridized carbons (Fsp3) is 0.385. The van der Waals surface area contributed by atoms with Crippen LogP contribution in [0.4, 0.5) is 0 Å². The summed E-state index contributed by atoms with van der Waals surface area (Å²) in [6.07, 6.45) is 0. The molecule has 5 nitrogen and oxygen atoms in total. The standard InChI is InChI=1S/C13H17IN2O3/c1-2-19-8-7-15-12(17)9-16-13(18)10-5-3-4-6-11(10)14/h3-6H,2,7-9H2,1H3,(H,15,17)(H,16,18). The van der Waals surface area contributed by atoms with E-state index < -0.39 is 0 Å². The Morgan fingerprint density at radius 1 is 1.26 bits per heavy atom. The Balaban J connectivity index is 2.30. The summed E-state index contributed by atoms with van der Waals surface area (Å²) < 4.78 is 5.95. The molecule has 19 heavy (non-hydrogen) atoms. The second-order valence-corrected chi connectivity index (χ2v) is 4.87. The topological polar surface area (TPSA) is 67.4 Å². The molecular formula is C13H17IN2O3. The molecule has 0 radical (unpaired) electrons. The Bertz CT molecular complexity index is 438. The first kappa shape index (κ1) is 15.9. The maximum atomic E-state index is 11.8. The molecule has 0 aliphatic heterocycles. The lowest BCUT2D eigenvalue weighted by Crippen LogP contribution is -2.38. The zero-order valence-electron chi connectivity index (χ0n) is 10.7. The Hall–Kier alpha value is -1.15. The van der Waals surface area contributed by atoms with Crippen LogP contribution in [0.3, 0.4) is 0 Å². The largest absolute Gasteiger partial charge is 0.380 e. The minimum Gasteiger partial charge on any atom is -0.380 e. The van der Waals surface area contributed by atoms with Crippen molar-refractivity contribution < 1.29 is 14.3 Å². The van der Waals surface area contributed by atoms with E-state index in [-0.39, 0.29) is 18.4 Å². The first-order valence-corrected chi connectivity index (χ1v) is 7.10. The Morgan fingerprint density at radius 2 is 2.00 bits per heavy atom. The van der Waals surface area contributed by atoms with Crippen molar-refractivity contribution in [1.29, 1.82) is 0 Å². The van der Waals surface area contributed by atoms with Gasteiger partial charge in [-0.1, -0.05) is 12.1 Å². The van der Waals surface area contributed by atoms with E-state index in [4.69, 9.17) is 4.74 Å². The zero-order valence-corrected chi connectivity index (χ0v) is 12.9. The molecule has 0 aliphatic rings. The van der Waals surface area contributed by atoms with Crippen LogP contribution in [0.15, 0.2) is 24.3 Å². The summed E-state index contributed by atoms with van der Waals surface area (Å²) >= 11 is 2.09. The van der Waals surface area contributed by atoms with Gasteiger partial charge in [-0.05, 0) is 41.6 Å². The van der Waals surface area contributed by atoms with Gasteiger partial charge in [0.25, 0.3) is 5.91 Å². The minimum atomic E-state index is -0.245. The van der Waals surface area contributed by atoms with Crippen LogP contribution in [0.5, 0.6) is 0 Å². The molecule has 0 aromatic heterocycles. The van der Waals surface area contributed by atoms with Crippen LogP contribution in [0.2, 0.25) is 0 Å². The van der Waals surface area contributed by atoms with E-state index in [1.807, 2.05) is 19.1 Å². The molecule has 0 saturated carbocycles. The van der Waals surface area contributed by atoms with Crippen molar-refractivity contribution >= 4 is 34.4 Å². The summed E-state index contributed by atoms with van der Waals surface area (Å²) in [5, 5.41) is 5.24. The average molecular weight is 376 g/mol. The second kappa shape index (κ2) is 8.87. The van der Waals surface area contributed by atoms with Crippen molar-refractivity contribution in [2.75, 3.05) is 26.3 Å². The van der Waals surface area contributed by atoms with Crippen LogP contribution < -0.4 is 10.6 Å². The van der Waals surface area contributed by atoms with Gasteiger partial charge in [0.05, 0.1) is 18.7 Å². The molecule has 1 rings (SSSR count). The highest BCUT2D eigenvalue weighted by Gasteiger charge is 2.10. The van der Waals surface area contributed by atoms with E-state index in [1.165, 1.54) is 0 Å². The van der Waals surface area contributed by atoms with E-state index in [9.17, 15) is 9.59 Å². The van der Waals surface area contributed by atoms with Gasteiger partial charge in [0.15, 0.2) is 0 Å². The summed E-state index contributed by atoms with van der Waals surface area (Å²) in [5.41, 5.74) is 0.574. The first-order chi connectivity index (χ1) is 9.15. The third-order valence-electron chi connectivity index (χ3n) is 2.30. The van der Waals surface area contributed by atoms with Gasteiger partial charge in [0, 0.05) is 16.7 Å². The monoisotopic (exact) mass is 376 g/mol. The molecule has 0 spiro atoms. The van der Waals surface area contributed by atoms with Crippen LogP contribution in [0, 0.1) is 3.57 Å². The van der Waals surface area contributed by atoms with Gasteiger partial charge < -0.3 is 15.4 Å². The van der Waals surface area contributed by atoms with Crippen molar-refractivity contribution in [2.45, 2.75) is 6.92 Å². The quantitative estimate of drug-likeness (QED) is 0.555. The number of benzene rings is 1. The number of halogens is 1. The fourth-order valence-electron chi connectivity index (χ4n) is 1.37. The third-order valence-corrected chi connectivity index (χ3v) is 3.24. The lowest BCUT2D eigenvalue weighted by Gasteiger charge is -2.08. The molecule has 6 heteroatoms. The number of nitrogens with one attached hydrogen (secondary N) is 2. The summed E-state index contributed by atoms with van der Waals surface area (Å²) in [7, 11) is 0. The van der Waals surface area contributed by atoms with Crippen molar-refractivity contribution in [2.24, 2.45) is 0 Å². The molecule has 1 aromatic carbocycles. The van der Waals surface area contributed by atoms with Gasteiger partial charge >= 0.3 is 0 Å². The van der Waals surface area contributed by atoms with Crippen molar-refractivity contribution in [3.63, 3.8) is 0 Å². The molecule has 0 bridgehead atoms. The molecule has 0 fully saturated rings. The van der Waals surface area contributed by atoms with E-state index in [2.05, 4.69) is 33.2 Å². The third kappa shape index (κ3) is 6.02. The number of amides is 2. The summed E-state index contributed by atoms with van der Waals surface area (Å²) in [6.45, 7) is 3.41.